The Balaban J connectivity index is 2.01. The number of anilines is 1. The van der Waals surface area contributed by atoms with E-state index in [-0.39, 0.29) is 23.5 Å². The molecule has 0 radical (unpaired) electrons. The van der Waals surface area contributed by atoms with Crippen molar-refractivity contribution in [1.82, 2.24) is 29.4 Å². The van der Waals surface area contributed by atoms with Gasteiger partial charge in [-0.3, -0.25) is 9.55 Å². The van der Waals surface area contributed by atoms with Gasteiger partial charge in [0.05, 0.1) is 18.4 Å². The number of carbonyl (C=O) groups is 1. The molecule has 0 aromatic carbocycles. The first-order valence-electron chi connectivity index (χ1n) is 9.89. The van der Waals surface area contributed by atoms with Crippen LogP contribution < -0.4 is 20.6 Å². The van der Waals surface area contributed by atoms with Crippen LogP contribution >= 0.6 is 0 Å². The number of ether oxygens (including phenoxy) is 1. The van der Waals surface area contributed by atoms with Gasteiger partial charge in [0.25, 0.3) is 0 Å². The van der Waals surface area contributed by atoms with Gasteiger partial charge >= 0.3 is 23.8 Å². The molecular weight excluding hydrogens is 443 g/mol. The number of hydrogen-bond donors (Lipinski definition) is 1. The molecule has 4 rings (SSSR count). The first-order chi connectivity index (χ1) is 15.8. The predicted octanol–water partition coefficient (Wildman–Crippen LogP) is 0.878. The molecule has 0 atom stereocenters. The quantitative estimate of drug-likeness (QED) is 0.451. The molecule has 1 N–H and O–H groups in total. The SMILES string of the molecule is CC#CCn1c(=O)n(-c2cccnc2)c2nc(OC(=O)C(F)(F)F)nc(N3CCNCC3)c21. The van der Waals surface area contributed by atoms with Gasteiger partial charge in [0, 0.05) is 32.4 Å². The second-order valence-corrected chi connectivity index (χ2v) is 6.97. The number of nitrogens with zero attached hydrogens (tertiary/aromatic N) is 6. The maximum atomic E-state index is 13.4. The van der Waals surface area contributed by atoms with Gasteiger partial charge in [-0.05, 0) is 19.1 Å². The van der Waals surface area contributed by atoms with Gasteiger partial charge < -0.3 is 15.0 Å². The number of nitrogens with one attached hydrogen (secondary N) is 1. The number of rotatable bonds is 4. The van der Waals surface area contributed by atoms with E-state index in [9.17, 15) is 22.8 Å². The second kappa shape index (κ2) is 8.91. The molecule has 3 aromatic heterocycles. The third kappa shape index (κ3) is 4.37. The number of esters is 1. The molecule has 0 amide bonds. The van der Waals surface area contributed by atoms with Gasteiger partial charge in [0.15, 0.2) is 11.5 Å². The zero-order valence-electron chi connectivity index (χ0n) is 17.4. The number of pyridine rings is 1. The van der Waals surface area contributed by atoms with E-state index in [0.717, 1.165) is 0 Å². The summed E-state index contributed by atoms with van der Waals surface area (Å²) in [7, 11) is 0. The number of alkyl halides is 3. The Kier molecular flexibility index (Phi) is 6.01. The van der Waals surface area contributed by atoms with Crippen molar-refractivity contribution in [1.29, 1.82) is 0 Å². The summed E-state index contributed by atoms with van der Waals surface area (Å²) in [6.45, 7) is 3.73. The van der Waals surface area contributed by atoms with Crippen LogP contribution in [0, 0.1) is 11.8 Å². The normalized spacial score (nSPS) is 14.1. The lowest BCUT2D eigenvalue weighted by molar-refractivity contribution is -0.190. The van der Waals surface area contributed by atoms with Crippen molar-refractivity contribution >= 4 is 23.0 Å². The van der Waals surface area contributed by atoms with Crippen molar-refractivity contribution in [2.75, 3.05) is 31.1 Å². The van der Waals surface area contributed by atoms with Crippen LogP contribution in [-0.2, 0) is 11.3 Å². The molecule has 13 heteroatoms. The van der Waals surface area contributed by atoms with E-state index in [1.165, 1.54) is 21.5 Å². The first-order valence-corrected chi connectivity index (χ1v) is 9.89. The molecule has 0 bridgehead atoms. The predicted molar refractivity (Wildman–Crippen MR) is 111 cm³/mol. The van der Waals surface area contributed by atoms with E-state index in [1.807, 2.05) is 0 Å². The second-order valence-electron chi connectivity index (χ2n) is 6.97. The molecule has 0 unspecified atom stereocenters. The number of piperazine rings is 1. The number of imidazole rings is 1. The van der Waals surface area contributed by atoms with Gasteiger partial charge in [-0.2, -0.15) is 23.1 Å². The van der Waals surface area contributed by atoms with E-state index in [2.05, 4.69) is 36.8 Å². The highest BCUT2D eigenvalue weighted by Crippen LogP contribution is 2.29. The fourth-order valence-corrected chi connectivity index (χ4v) is 3.42. The van der Waals surface area contributed by atoms with Crippen LogP contribution in [0.3, 0.4) is 0 Å². The minimum atomic E-state index is -5.24. The molecule has 172 valence electrons. The Morgan fingerprint density at radius 3 is 2.67 bits per heavy atom. The van der Waals surface area contributed by atoms with Crippen LogP contribution in [0.2, 0.25) is 0 Å². The van der Waals surface area contributed by atoms with Crippen molar-refractivity contribution in [3.05, 3.63) is 35.0 Å². The van der Waals surface area contributed by atoms with Gasteiger partial charge in [-0.25, -0.2) is 14.2 Å². The summed E-state index contributed by atoms with van der Waals surface area (Å²) >= 11 is 0. The molecule has 0 aliphatic carbocycles. The van der Waals surface area contributed by atoms with Crippen molar-refractivity contribution in [2.45, 2.75) is 19.6 Å². The molecule has 10 nitrogen and oxygen atoms in total. The summed E-state index contributed by atoms with van der Waals surface area (Å²) < 4.78 is 45.4. The zero-order chi connectivity index (χ0) is 23.6. The molecule has 1 fully saturated rings. The molecule has 4 heterocycles. The minimum absolute atomic E-state index is 0.00321. The van der Waals surface area contributed by atoms with Gasteiger partial charge in [0.2, 0.25) is 0 Å². The molecule has 0 saturated carbocycles. The van der Waals surface area contributed by atoms with Gasteiger partial charge in [-0.1, -0.05) is 5.92 Å². The molecular formula is C20H18F3N7O3. The monoisotopic (exact) mass is 461 g/mol. The lowest BCUT2D eigenvalue weighted by Gasteiger charge is -2.29. The van der Waals surface area contributed by atoms with Crippen LogP contribution in [0.5, 0.6) is 6.01 Å². The van der Waals surface area contributed by atoms with E-state index in [4.69, 9.17) is 0 Å². The highest BCUT2D eigenvalue weighted by Gasteiger charge is 2.42. The summed E-state index contributed by atoms with van der Waals surface area (Å²) in [6.07, 6.45) is -2.32. The van der Waals surface area contributed by atoms with E-state index >= 15 is 0 Å². The fourth-order valence-electron chi connectivity index (χ4n) is 3.42. The molecule has 0 spiro atoms. The Morgan fingerprint density at radius 2 is 2.03 bits per heavy atom. The van der Waals surface area contributed by atoms with E-state index < -0.39 is 23.8 Å². The van der Waals surface area contributed by atoms with Crippen LogP contribution in [0.4, 0.5) is 19.0 Å². The number of fused-ring (bicyclic) bond motifs is 1. The number of aromatic nitrogens is 5. The van der Waals surface area contributed by atoms with E-state index in [1.54, 1.807) is 24.0 Å². The smallest absolute Gasteiger partial charge is 0.384 e. The molecule has 1 aliphatic heterocycles. The minimum Gasteiger partial charge on any atom is -0.384 e. The molecule has 33 heavy (non-hydrogen) atoms. The summed E-state index contributed by atoms with van der Waals surface area (Å²) in [4.78, 5) is 38.8. The average molecular weight is 461 g/mol. The summed E-state index contributed by atoms with van der Waals surface area (Å²) in [5, 5.41) is 3.17. The third-order valence-electron chi connectivity index (χ3n) is 4.88. The first kappa shape index (κ1) is 22.3. The molecule has 1 aliphatic rings. The highest BCUT2D eigenvalue weighted by atomic mass is 19.4. The standard InChI is InChI=1S/C20H18F3N7O3/c1-2-3-9-29-14-15(28-10-7-24-8-11-28)26-18(33-17(31)20(21,22)23)27-16(14)30(19(29)32)13-5-4-6-25-12-13/h4-6,12,24H,7-11H2,1H3. The van der Waals surface area contributed by atoms with Crippen LogP contribution in [0.1, 0.15) is 6.92 Å². The van der Waals surface area contributed by atoms with Crippen LogP contribution in [0.25, 0.3) is 16.9 Å². The largest absolute Gasteiger partial charge is 0.491 e. The number of halogens is 3. The fraction of sp³-hybridized carbons (Fsp3) is 0.350. The lowest BCUT2D eigenvalue weighted by atomic mass is 10.3. The Morgan fingerprint density at radius 1 is 1.27 bits per heavy atom. The summed E-state index contributed by atoms with van der Waals surface area (Å²) in [5.74, 6) is 3.25. The van der Waals surface area contributed by atoms with Crippen LogP contribution in [0.15, 0.2) is 29.3 Å². The van der Waals surface area contributed by atoms with Crippen LogP contribution in [-0.4, -0.2) is 62.4 Å². The maximum Gasteiger partial charge on any atom is 0.491 e. The Bertz CT molecular complexity index is 1300. The third-order valence-corrected chi connectivity index (χ3v) is 4.88. The number of hydrogen-bond acceptors (Lipinski definition) is 8. The van der Waals surface area contributed by atoms with Crippen molar-refractivity contribution < 1.29 is 22.7 Å². The van der Waals surface area contributed by atoms with Gasteiger partial charge in [-0.15, -0.1) is 5.92 Å². The number of carbonyl (C=O) groups excluding carboxylic acids is 1. The lowest BCUT2D eigenvalue weighted by Crippen LogP contribution is -2.44. The average Bonchev–Trinajstić information content (AvgIpc) is 3.08. The summed E-state index contributed by atoms with van der Waals surface area (Å²) in [5.41, 5.74) is 0.0271. The van der Waals surface area contributed by atoms with Crippen molar-refractivity contribution in [3.63, 3.8) is 0 Å². The Hall–Kier alpha value is -3.92. The summed E-state index contributed by atoms with van der Waals surface area (Å²) in [6, 6.07) is 2.38. The zero-order valence-corrected chi connectivity index (χ0v) is 17.4. The molecule has 3 aromatic rings. The van der Waals surface area contributed by atoms with Gasteiger partial charge in [0.1, 0.15) is 5.52 Å². The molecule has 1 saturated heterocycles. The van der Waals surface area contributed by atoms with Crippen molar-refractivity contribution in [2.24, 2.45) is 0 Å². The van der Waals surface area contributed by atoms with Crippen molar-refractivity contribution in [3.8, 4) is 23.5 Å². The maximum absolute atomic E-state index is 13.4. The Labute approximate surface area is 185 Å². The van der Waals surface area contributed by atoms with E-state index in [0.29, 0.717) is 31.9 Å². The topological polar surface area (TPSA) is 107 Å². The highest BCUT2D eigenvalue weighted by molar-refractivity contribution is 5.87.